The number of nitrogens with zero attached hydrogens (tertiary/aromatic N) is 1. The van der Waals surface area contributed by atoms with Crippen molar-refractivity contribution in [2.24, 2.45) is 0 Å². The van der Waals surface area contributed by atoms with Crippen molar-refractivity contribution in [3.05, 3.63) is 77.7 Å². The van der Waals surface area contributed by atoms with Crippen LogP contribution in [0.2, 0.25) is 5.02 Å². The lowest BCUT2D eigenvalue weighted by atomic mass is 10.3. The lowest BCUT2D eigenvalue weighted by molar-refractivity contribution is -0.118. The molecule has 0 fully saturated rings. The van der Waals surface area contributed by atoms with E-state index in [9.17, 15) is 9.18 Å². The van der Waals surface area contributed by atoms with Crippen molar-refractivity contribution in [2.75, 3.05) is 17.2 Å². The first-order chi connectivity index (χ1) is 12.6. The summed E-state index contributed by atoms with van der Waals surface area (Å²) in [5.74, 6) is 0.223. The van der Waals surface area contributed by atoms with E-state index in [0.717, 1.165) is 0 Å². The molecule has 2 aromatic carbocycles. The summed E-state index contributed by atoms with van der Waals surface area (Å²) in [6.45, 7) is -0.111. The Morgan fingerprint density at radius 2 is 1.85 bits per heavy atom. The molecule has 0 aliphatic rings. The smallest absolute Gasteiger partial charge is 0.263 e. The molecule has 26 heavy (non-hydrogen) atoms. The number of para-hydroxylation sites is 1. The zero-order valence-electron chi connectivity index (χ0n) is 13.6. The van der Waals surface area contributed by atoms with Crippen LogP contribution in [0.15, 0.2) is 66.9 Å². The van der Waals surface area contributed by atoms with E-state index in [2.05, 4.69) is 15.6 Å². The van der Waals surface area contributed by atoms with E-state index in [4.69, 9.17) is 16.3 Å². The topological polar surface area (TPSA) is 63.2 Å². The summed E-state index contributed by atoms with van der Waals surface area (Å²) in [7, 11) is 0. The fraction of sp³-hybridized carbons (Fsp3) is 0.0526. The number of halogens is 2. The van der Waals surface area contributed by atoms with Gasteiger partial charge in [0.25, 0.3) is 5.91 Å². The van der Waals surface area contributed by atoms with Crippen LogP contribution in [-0.2, 0) is 4.79 Å². The molecular weight excluding hydrogens is 357 g/mol. The van der Waals surface area contributed by atoms with Gasteiger partial charge in [0.05, 0.1) is 16.9 Å². The van der Waals surface area contributed by atoms with E-state index in [0.29, 0.717) is 22.9 Å². The van der Waals surface area contributed by atoms with Crippen molar-refractivity contribution in [3.63, 3.8) is 0 Å². The van der Waals surface area contributed by atoms with Crippen LogP contribution in [0.25, 0.3) is 0 Å². The van der Waals surface area contributed by atoms with E-state index < -0.39 is 5.82 Å². The Bertz CT molecular complexity index is 889. The third-order valence-electron chi connectivity index (χ3n) is 3.35. The van der Waals surface area contributed by atoms with Crippen molar-refractivity contribution in [2.45, 2.75) is 0 Å². The number of nitrogens with one attached hydrogen (secondary N) is 2. The van der Waals surface area contributed by atoms with Crippen molar-refractivity contribution >= 4 is 34.7 Å². The van der Waals surface area contributed by atoms with E-state index in [1.807, 2.05) is 18.2 Å². The van der Waals surface area contributed by atoms with E-state index in [-0.39, 0.29) is 17.5 Å². The molecule has 0 saturated heterocycles. The number of rotatable bonds is 6. The summed E-state index contributed by atoms with van der Waals surface area (Å²) < 4.78 is 18.5. The number of anilines is 3. The molecule has 3 aromatic rings. The fourth-order valence-electron chi connectivity index (χ4n) is 2.13. The second-order valence-electron chi connectivity index (χ2n) is 5.34. The summed E-state index contributed by atoms with van der Waals surface area (Å²) in [4.78, 5) is 16.0. The lowest BCUT2D eigenvalue weighted by Gasteiger charge is -2.09. The molecule has 5 nitrogen and oxygen atoms in total. The minimum Gasteiger partial charge on any atom is -0.484 e. The summed E-state index contributed by atoms with van der Waals surface area (Å²) in [5, 5.41) is 5.73. The normalized spacial score (nSPS) is 10.2. The average molecular weight is 372 g/mol. The minimum absolute atomic E-state index is 0.0326. The molecule has 0 aliphatic carbocycles. The number of ether oxygens (including phenoxy) is 1. The fourth-order valence-corrected chi connectivity index (χ4v) is 2.31. The van der Waals surface area contributed by atoms with Crippen molar-refractivity contribution in [3.8, 4) is 5.75 Å². The Morgan fingerprint density at radius 1 is 1.08 bits per heavy atom. The number of hydrogen-bond donors (Lipinski definition) is 2. The van der Waals surface area contributed by atoms with Gasteiger partial charge in [-0.3, -0.25) is 4.79 Å². The highest BCUT2D eigenvalue weighted by Crippen LogP contribution is 2.22. The predicted octanol–water partition coefficient (Wildman–Crippen LogP) is 4.64. The number of benzene rings is 2. The van der Waals surface area contributed by atoms with Gasteiger partial charge < -0.3 is 15.4 Å². The van der Waals surface area contributed by atoms with Gasteiger partial charge in [-0.15, -0.1) is 0 Å². The van der Waals surface area contributed by atoms with Crippen LogP contribution in [0.4, 0.5) is 21.6 Å². The molecule has 0 aliphatic heterocycles. The SMILES string of the molecule is O=C(COc1ccccc1)Nc1ccc(Nc2ccc(F)c(Cl)c2)cn1. The van der Waals surface area contributed by atoms with Gasteiger partial charge in [-0.05, 0) is 42.5 Å². The Balaban J connectivity index is 1.53. The van der Waals surface area contributed by atoms with Gasteiger partial charge in [0.1, 0.15) is 17.4 Å². The molecule has 1 aromatic heterocycles. The summed E-state index contributed by atoms with van der Waals surface area (Å²) in [6.07, 6.45) is 1.55. The first-order valence-electron chi connectivity index (χ1n) is 7.76. The number of hydrogen-bond acceptors (Lipinski definition) is 4. The summed E-state index contributed by atoms with van der Waals surface area (Å²) >= 11 is 5.75. The molecular formula is C19H15ClFN3O2. The van der Waals surface area contributed by atoms with Crippen molar-refractivity contribution < 1.29 is 13.9 Å². The van der Waals surface area contributed by atoms with Gasteiger partial charge >= 0.3 is 0 Å². The second kappa shape index (κ2) is 8.31. The Hall–Kier alpha value is -3.12. The van der Waals surface area contributed by atoms with Crippen LogP contribution in [0, 0.1) is 5.82 Å². The zero-order valence-corrected chi connectivity index (χ0v) is 14.3. The highest BCUT2D eigenvalue weighted by atomic mass is 35.5. The lowest BCUT2D eigenvalue weighted by Crippen LogP contribution is -2.20. The molecule has 2 N–H and O–H groups in total. The van der Waals surface area contributed by atoms with Gasteiger partial charge in [0, 0.05) is 5.69 Å². The van der Waals surface area contributed by atoms with Crippen LogP contribution >= 0.6 is 11.6 Å². The highest BCUT2D eigenvalue weighted by molar-refractivity contribution is 6.31. The molecule has 7 heteroatoms. The molecule has 0 radical (unpaired) electrons. The van der Waals surface area contributed by atoms with E-state index in [1.165, 1.54) is 12.1 Å². The summed E-state index contributed by atoms with van der Waals surface area (Å²) in [5.41, 5.74) is 1.30. The molecule has 0 bridgehead atoms. The van der Waals surface area contributed by atoms with Gasteiger partial charge in [0.15, 0.2) is 6.61 Å². The van der Waals surface area contributed by atoms with Crippen LogP contribution in [0.5, 0.6) is 5.75 Å². The second-order valence-corrected chi connectivity index (χ2v) is 5.74. The molecule has 0 atom stereocenters. The quantitative estimate of drug-likeness (QED) is 0.662. The number of carbonyl (C=O) groups is 1. The van der Waals surface area contributed by atoms with Gasteiger partial charge in [-0.25, -0.2) is 9.37 Å². The molecule has 0 spiro atoms. The maximum absolute atomic E-state index is 13.2. The third kappa shape index (κ3) is 4.94. The van der Waals surface area contributed by atoms with Crippen LogP contribution in [0.3, 0.4) is 0 Å². The zero-order chi connectivity index (χ0) is 18.4. The van der Waals surface area contributed by atoms with Gasteiger partial charge in [0.2, 0.25) is 0 Å². The highest BCUT2D eigenvalue weighted by Gasteiger charge is 2.05. The molecule has 0 saturated carbocycles. The average Bonchev–Trinajstić information content (AvgIpc) is 2.65. The first kappa shape index (κ1) is 17.7. The molecule has 1 heterocycles. The van der Waals surface area contributed by atoms with Gasteiger partial charge in [-0.2, -0.15) is 0 Å². The maximum atomic E-state index is 13.2. The largest absolute Gasteiger partial charge is 0.484 e. The van der Waals surface area contributed by atoms with E-state index >= 15 is 0 Å². The Morgan fingerprint density at radius 3 is 2.54 bits per heavy atom. The third-order valence-corrected chi connectivity index (χ3v) is 3.64. The standard InChI is InChI=1S/C19H15ClFN3O2/c20-16-10-13(6-8-17(16)21)23-14-7-9-18(22-11-14)24-19(25)12-26-15-4-2-1-3-5-15/h1-11,23H,12H2,(H,22,24,25). The minimum atomic E-state index is -0.480. The van der Waals surface area contributed by atoms with Crippen molar-refractivity contribution in [1.29, 1.82) is 0 Å². The van der Waals surface area contributed by atoms with Gasteiger partial charge in [-0.1, -0.05) is 29.8 Å². The van der Waals surface area contributed by atoms with Crippen LogP contribution in [0.1, 0.15) is 0 Å². The Labute approximate surface area is 154 Å². The Kier molecular flexibility index (Phi) is 5.66. The molecule has 132 valence electrons. The van der Waals surface area contributed by atoms with Crippen molar-refractivity contribution in [1.82, 2.24) is 4.98 Å². The monoisotopic (exact) mass is 371 g/mol. The number of amides is 1. The molecule has 0 unspecified atom stereocenters. The van der Waals surface area contributed by atoms with E-state index in [1.54, 1.807) is 36.5 Å². The predicted molar refractivity (Wildman–Crippen MR) is 99.5 cm³/mol. The number of pyridine rings is 1. The van der Waals surface area contributed by atoms with Crippen LogP contribution in [-0.4, -0.2) is 17.5 Å². The summed E-state index contributed by atoms with van der Waals surface area (Å²) in [6, 6.07) is 16.8. The number of carbonyl (C=O) groups excluding carboxylic acids is 1. The first-order valence-corrected chi connectivity index (χ1v) is 8.14. The molecule has 1 amide bonds. The maximum Gasteiger partial charge on any atom is 0.263 e. The number of aromatic nitrogens is 1. The molecule has 3 rings (SSSR count). The van der Waals surface area contributed by atoms with Crippen LogP contribution < -0.4 is 15.4 Å².